The van der Waals surface area contributed by atoms with Gasteiger partial charge in [-0.15, -0.1) is 0 Å². The quantitative estimate of drug-likeness (QED) is 0.877. The third-order valence-electron chi connectivity index (χ3n) is 2.37. The highest BCUT2D eigenvalue weighted by Crippen LogP contribution is 2.19. The van der Waals surface area contributed by atoms with Crippen LogP contribution in [0.15, 0.2) is 22.7 Å². The molecule has 0 saturated heterocycles. The van der Waals surface area contributed by atoms with Crippen LogP contribution >= 0.6 is 15.9 Å². The molecule has 17 heavy (non-hydrogen) atoms. The van der Waals surface area contributed by atoms with Crippen molar-refractivity contribution in [1.29, 1.82) is 0 Å². The lowest BCUT2D eigenvalue weighted by Gasteiger charge is -2.15. The van der Waals surface area contributed by atoms with E-state index in [2.05, 4.69) is 26.6 Å². The Labute approximate surface area is 111 Å². The Hall–Kier alpha value is -1.03. The lowest BCUT2D eigenvalue weighted by atomic mass is 10.2. The van der Waals surface area contributed by atoms with Crippen LogP contribution in [-0.4, -0.2) is 18.5 Å². The molecule has 1 rings (SSSR count). The summed E-state index contributed by atoms with van der Waals surface area (Å²) in [6.07, 6.45) is 0.953. The van der Waals surface area contributed by atoms with E-state index in [1.54, 1.807) is 0 Å². The zero-order chi connectivity index (χ0) is 12.8. The van der Waals surface area contributed by atoms with Crippen LogP contribution in [0.3, 0.4) is 0 Å². The van der Waals surface area contributed by atoms with Crippen molar-refractivity contribution in [2.75, 3.05) is 11.9 Å². The molecule has 0 saturated carbocycles. The van der Waals surface area contributed by atoms with Crippen molar-refractivity contribution >= 4 is 27.5 Å². The summed E-state index contributed by atoms with van der Waals surface area (Å²) < 4.78 is 1.01. The summed E-state index contributed by atoms with van der Waals surface area (Å²) in [6.45, 7) is 6.65. The molecule has 1 aromatic carbocycles. The van der Waals surface area contributed by atoms with E-state index in [4.69, 9.17) is 0 Å². The van der Waals surface area contributed by atoms with Gasteiger partial charge in [0.25, 0.3) is 0 Å². The molecule has 0 heterocycles. The van der Waals surface area contributed by atoms with Gasteiger partial charge in [0, 0.05) is 16.7 Å². The predicted molar refractivity (Wildman–Crippen MR) is 75.3 cm³/mol. The van der Waals surface area contributed by atoms with Gasteiger partial charge in [-0.2, -0.15) is 0 Å². The molecule has 1 amide bonds. The normalized spacial score (nSPS) is 12.0. The minimum absolute atomic E-state index is 0.0319. The maximum absolute atomic E-state index is 11.7. The number of hydrogen-bond acceptors (Lipinski definition) is 2. The molecule has 3 nitrogen and oxygen atoms in total. The van der Waals surface area contributed by atoms with Crippen molar-refractivity contribution in [3.63, 3.8) is 0 Å². The number of halogens is 1. The molecule has 0 aliphatic heterocycles. The second-order valence-electron chi connectivity index (χ2n) is 4.17. The summed E-state index contributed by atoms with van der Waals surface area (Å²) in [7, 11) is 0. The highest BCUT2D eigenvalue weighted by molar-refractivity contribution is 9.10. The molecule has 0 radical (unpaired) electrons. The smallest absolute Gasteiger partial charge is 0.242 e. The number of anilines is 1. The highest BCUT2D eigenvalue weighted by atomic mass is 79.9. The zero-order valence-electron chi connectivity index (χ0n) is 10.5. The van der Waals surface area contributed by atoms with Crippen molar-refractivity contribution in [2.45, 2.75) is 33.2 Å². The Kier molecular flexibility index (Phi) is 5.48. The van der Waals surface area contributed by atoms with Crippen molar-refractivity contribution < 1.29 is 4.79 Å². The van der Waals surface area contributed by atoms with Gasteiger partial charge in [-0.3, -0.25) is 4.79 Å². The van der Waals surface area contributed by atoms with Gasteiger partial charge in [0.2, 0.25) is 5.91 Å². The van der Waals surface area contributed by atoms with Crippen LogP contribution in [0.5, 0.6) is 0 Å². The number of aryl methyl sites for hydroxylation is 1. The van der Waals surface area contributed by atoms with E-state index >= 15 is 0 Å². The first-order valence-corrected chi connectivity index (χ1v) is 6.63. The topological polar surface area (TPSA) is 41.1 Å². The molecule has 0 bridgehead atoms. The van der Waals surface area contributed by atoms with Gasteiger partial charge in [-0.05, 0) is 44.0 Å². The van der Waals surface area contributed by atoms with Crippen LogP contribution in [0.25, 0.3) is 0 Å². The number of carbonyl (C=O) groups is 1. The lowest BCUT2D eigenvalue weighted by Crippen LogP contribution is -2.37. The first kappa shape index (κ1) is 14.0. The van der Waals surface area contributed by atoms with E-state index in [1.165, 1.54) is 0 Å². The largest absolute Gasteiger partial charge is 0.374 e. The van der Waals surface area contributed by atoms with Crippen LogP contribution in [0.2, 0.25) is 0 Å². The number of amides is 1. The standard InChI is InChI=1S/C13H19BrN2O/c1-4-5-15-13(17)10(3)16-12-7-9(2)6-11(14)8-12/h6-8,10,16H,4-5H2,1-3H3,(H,15,17). The fourth-order valence-electron chi connectivity index (χ4n) is 1.54. The third-order valence-corrected chi connectivity index (χ3v) is 2.83. The fraction of sp³-hybridized carbons (Fsp3) is 0.462. The van der Waals surface area contributed by atoms with Gasteiger partial charge >= 0.3 is 0 Å². The summed E-state index contributed by atoms with van der Waals surface area (Å²) in [5.74, 6) is 0.0319. The minimum atomic E-state index is -0.227. The van der Waals surface area contributed by atoms with Gasteiger partial charge in [0.1, 0.15) is 6.04 Å². The number of benzene rings is 1. The molecule has 1 aromatic rings. The average Bonchev–Trinajstić information content (AvgIpc) is 2.24. The van der Waals surface area contributed by atoms with Crippen LogP contribution in [-0.2, 0) is 4.79 Å². The molecule has 0 aliphatic carbocycles. The summed E-state index contributed by atoms with van der Waals surface area (Å²) in [4.78, 5) is 11.7. The van der Waals surface area contributed by atoms with Gasteiger partial charge in [-0.1, -0.05) is 22.9 Å². The Morgan fingerprint density at radius 3 is 2.71 bits per heavy atom. The number of nitrogens with one attached hydrogen (secondary N) is 2. The maximum atomic E-state index is 11.7. The first-order chi connectivity index (χ1) is 8.02. The molecular weight excluding hydrogens is 280 g/mol. The van der Waals surface area contributed by atoms with E-state index in [-0.39, 0.29) is 11.9 Å². The van der Waals surface area contributed by atoms with Crippen molar-refractivity contribution in [2.24, 2.45) is 0 Å². The van der Waals surface area contributed by atoms with Gasteiger partial charge in [0.15, 0.2) is 0 Å². The zero-order valence-corrected chi connectivity index (χ0v) is 12.1. The van der Waals surface area contributed by atoms with Gasteiger partial charge in [0.05, 0.1) is 0 Å². The van der Waals surface area contributed by atoms with E-state index in [9.17, 15) is 4.79 Å². The fourth-order valence-corrected chi connectivity index (χ4v) is 2.14. The van der Waals surface area contributed by atoms with E-state index in [0.717, 1.165) is 28.7 Å². The molecular formula is C13H19BrN2O. The summed E-state index contributed by atoms with van der Waals surface area (Å²) >= 11 is 3.44. The van der Waals surface area contributed by atoms with Gasteiger partial charge in [-0.25, -0.2) is 0 Å². The molecule has 2 N–H and O–H groups in total. The van der Waals surface area contributed by atoms with Crippen molar-refractivity contribution in [3.8, 4) is 0 Å². The SMILES string of the molecule is CCCNC(=O)C(C)Nc1cc(C)cc(Br)c1. The lowest BCUT2D eigenvalue weighted by molar-refractivity contribution is -0.121. The van der Waals surface area contributed by atoms with E-state index in [1.807, 2.05) is 39.0 Å². The highest BCUT2D eigenvalue weighted by Gasteiger charge is 2.11. The summed E-state index contributed by atoms with van der Waals surface area (Å²) in [5, 5.41) is 6.06. The average molecular weight is 299 g/mol. The summed E-state index contributed by atoms with van der Waals surface area (Å²) in [6, 6.07) is 5.80. The predicted octanol–water partition coefficient (Wildman–Crippen LogP) is 3.08. The van der Waals surface area contributed by atoms with Crippen molar-refractivity contribution in [1.82, 2.24) is 5.32 Å². The first-order valence-electron chi connectivity index (χ1n) is 5.84. The molecule has 0 fully saturated rings. The molecule has 0 spiro atoms. The molecule has 1 unspecified atom stereocenters. The molecule has 1 atom stereocenters. The number of rotatable bonds is 5. The van der Waals surface area contributed by atoms with E-state index < -0.39 is 0 Å². The maximum Gasteiger partial charge on any atom is 0.242 e. The van der Waals surface area contributed by atoms with Gasteiger partial charge < -0.3 is 10.6 Å². The molecule has 94 valence electrons. The monoisotopic (exact) mass is 298 g/mol. The number of hydrogen-bond donors (Lipinski definition) is 2. The molecule has 0 aliphatic rings. The van der Waals surface area contributed by atoms with Crippen LogP contribution < -0.4 is 10.6 Å². The van der Waals surface area contributed by atoms with E-state index in [0.29, 0.717) is 0 Å². The minimum Gasteiger partial charge on any atom is -0.374 e. The molecule has 0 aromatic heterocycles. The Morgan fingerprint density at radius 2 is 2.12 bits per heavy atom. The summed E-state index contributed by atoms with van der Waals surface area (Å²) in [5.41, 5.74) is 2.11. The van der Waals surface area contributed by atoms with Crippen LogP contribution in [0.1, 0.15) is 25.8 Å². The number of carbonyl (C=O) groups excluding carboxylic acids is 1. The second-order valence-corrected chi connectivity index (χ2v) is 5.09. The second kappa shape index (κ2) is 6.64. The third kappa shape index (κ3) is 4.77. The van der Waals surface area contributed by atoms with Crippen molar-refractivity contribution in [3.05, 3.63) is 28.2 Å². The Morgan fingerprint density at radius 1 is 1.41 bits per heavy atom. The Balaban J connectivity index is 2.60. The van der Waals surface area contributed by atoms with Crippen LogP contribution in [0.4, 0.5) is 5.69 Å². The molecule has 4 heteroatoms. The Bertz CT molecular complexity index is 373. The van der Waals surface area contributed by atoms with Crippen LogP contribution in [0, 0.1) is 6.92 Å².